The van der Waals surface area contributed by atoms with Crippen LogP contribution in [-0.4, -0.2) is 57.4 Å². The molecule has 1 saturated heterocycles. The van der Waals surface area contributed by atoms with E-state index in [1.54, 1.807) is 37.8 Å². The van der Waals surface area contributed by atoms with Crippen LogP contribution in [0.4, 0.5) is 18.0 Å². The molecular weight excluding hydrogens is 559 g/mol. The quantitative estimate of drug-likeness (QED) is 0.460. The Bertz CT molecular complexity index is 1320. The molecule has 0 aromatic heterocycles. The second-order valence-corrected chi connectivity index (χ2v) is 12.4. The molecule has 2 atom stereocenters. The van der Waals surface area contributed by atoms with E-state index in [1.807, 2.05) is 18.2 Å². The van der Waals surface area contributed by atoms with Gasteiger partial charge >= 0.3 is 12.3 Å². The average molecular weight is 588 g/mol. The van der Waals surface area contributed by atoms with Gasteiger partial charge in [0.25, 0.3) is 0 Å². The van der Waals surface area contributed by atoms with Gasteiger partial charge in [0.2, 0.25) is 10.0 Å². The normalized spacial score (nSPS) is 18.4. The number of carbonyl (C=O) groups is 1. The van der Waals surface area contributed by atoms with Gasteiger partial charge in [-0.15, -0.1) is 0 Å². The lowest BCUT2D eigenvalue weighted by atomic mass is 9.81. The number of halogens is 4. The summed E-state index contributed by atoms with van der Waals surface area (Å²) >= 11 is 6.05. The summed E-state index contributed by atoms with van der Waals surface area (Å²) in [6.45, 7) is 4.42. The molecule has 2 aromatic carbocycles. The molecule has 8 nitrogen and oxygen atoms in total. The Kier molecular flexibility index (Phi) is 9.41. The van der Waals surface area contributed by atoms with Crippen molar-refractivity contribution in [2.24, 2.45) is 5.92 Å². The molecule has 3 rings (SSSR count). The average Bonchev–Trinajstić information content (AvgIpc) is 2.85. The molecule has 0 bridgehead atoms. The van der Waals surface area contributed by atoms with Crippen molar-refractivity contribution in [2.75, 3.05) is 26.2 Å². The molecule has 2 aromatic rings. The number of hydrogen-bond acceptors (Lipinski definition) is 6. The maximum atomic E-state index is 12.7. The number of likely N-dealkylation sites (tertiary alicyclic amines) is 1. The third-order valence-electron chi connectivity index (χ3n) is 5.98. The number of nitriles is 1. The summed E-state index contributed by atoms with van der Waals surface area (Å²) in [5.74, 6) is -0.176. The second kappa shape index (κ2) is 12.0. The van der Waals surface area contributed by atoms with Gasteiger partial charge < -0.3 is 14.4 Å². The molecule has 2 unspecified atom stereocenters. The Morgan fingerprint density at radius 3 is 2.44 bits per heavy atom. The molecule has 0 radical (unpaired) electrons. The van der Waals surface area contributed by atoms with Crippen LogP contribution in [0, 0.1) is 17.2 Å². The van der Waals surface area contributed by atoms with Crippen molar-refractivity contribution < 1.29 is 35.9 Å². The van der Waals surface area contributed by atoms with E-state index in [0.717, 1.165) is 17.7 Å². The number of nitrogens with one attached hydrogen (secondary N) is 1. The number of rotatable bonds is 7. The first kappa shape index (κ1) is 30.5. The number of sulfonamides is 1. The maximum Gasteiger partial charge on any atom is 0.410 e. The van der Waals surface area contributed by atoms with Crippen molar-refractivity contribution in [3.05, 3.63) is 58.6 Å². The van der Waals surface area contributed by atoms with Crippen molar-refractivity contribution in [3.8, 4) is 11.8 Å². The Labute approximate surface area is 230 Å². The van der Waals surface area contributed by atoms with Gasteiger partial charge in [0.15, 0.2) is 0 Å². The Morgan fingerprint density at radius 2 is 1.85 bits per heavy atom. The van der Waals surface area contributed by atoms with Crippen LogP contribution >= 0.6 is 11.6 Å². The van der Waals surface area contributed by atoms with E-state index < -0.39 is 39.3 Å². The first-order chi connectivity index (χ1) is 18.1. The Balaban J connectivity index is 1.81. The molecule has 0 aliphatic carbocycles. The zero-order valence-corrected chi connectivity index (χ0v) is 23.2. The summed E-state index contributed by atoms with van der Waals surface area (Å²) in [7, 11) is -4.50. The highest BCUT2D eigenvalue weighted by molar-refractivity contribution is 7.89. The second-order valence-electron chi connectivity index (χ2n) is 10.2. The van der Waals surface area contributed by atoms with Gasteiger partial charge in [-0.3, -0.25) is 0 Å². The van der Waals surface area contributed by atoms with Gasteiger partial charge in [-0.1, -0.05) is 23.7 Å². The van der Waals surface area contributed by atoms with E-state index in [0.29, 0.717) is 24.5 Å². The molecule has 1 N–H and O–H groups in total. The highest BCUT2D eigenvalue weighted by atomic mass is 35.5. The lowest BCUT2D eigenvalue weighted by molar-refractivity contribution is -0.121. The number of ether oxygens (including phenoxy) is 2. The Hall–Kier alpha value is -3.01. The fourth-order valence-corrected chi connectivity index (χ4v) is 5.36. The first-order valence-corrected chi connectivity index (χ1v) is 13.9. The van der Waals surface area contributed by atoms with E-state index in [9.17, 15) is 31.6 Å². The van der Waals surface area contributed by atoms with E-state index in [2.05, 4.69) is 0 Å². The van der Waals surface area contributed by atoms with E-state index in [4.69, 9.17) is 21.1 Å². The van der Waals surface area contributed by atoms with Gasteiger partial charge in [-0.05, 0) is 69.0 Å². The zero-order chi connectivity index (χ0) is 29.0. The third-order valence-corrected chi connectivity index (χ3v) is 7.63. The van der Waals surface area contributed by atoms with Crippen LogP contribution in [0.25, 0.3) is 0 Å². The fourth-order valence-electron chi connectivity index (χ4n) is 4.19. The van der Waals surface area contributed by atoms with Gasteiger partial charge in [-0.2, -0.15) is 18.4 Å². The molecule has 1 fully saturated rings. The third kappa shape index (κ3) is 8.74. The number of carbonyl (C=O) groups excluding carboxylic acids is 1. The lowest BCUT2D eigenvalue weighted by Crippen LogP contribution is -2.46. The van der Waals surface area contributed by atoms with Crippen LogP contribution in [0.1, 0.15) is 44.2 Å². The van der Waals surface area contributed by atoms with Crippen molar-refractivity contribution in [1.29, 1.82) is 5.26 Å². The van der Waals surface area contributed by atoms with Gasteiger partial charge in [0.1, 0.15) is 24.0 Å². The highest BCUT2D eigenvalue weighted by Gasteiger charge is 2.35. The number of alkyl halides is 3. The fraction of sp³-hybridized carbons (Fsp3) is 0.462. The molecule has 39 heavy (non-hydrogen) atoms. The van der Waals surface area contributed by atoms with Crippen molar-refractivity contribution in [3.63, 3.8) is 0 Å². The minimum Gasteiger partial charge on any atom is -0.492 e. The minimum atomic E-state index is -4.73. The predicted molar refractivity (Wildman–Crippen MR) is 138 cm³/mol. The van der Waals surface area contributed by atoms with Crippen LogP contribution < -0.4 is 9.46 Å². The van der Waals surface area contributed by atoms with Crippen molar-refractivity contribution >= 4 is 27.7 Å². The number of benzene rings is 2. The summed E-state index contributed by atoms with van der Waals surface area (Å²) in [6.07, 6.45) is -4.58. The molecule has 1 amide bonds. The first-order valence-electron chi connectivity index (χ1n) is 12.0. The largest absolute Gasteiger partial charge is 0.492 e. The summed E-state index contributed by atoms with van der Waals surface area (Å²) in [6, 6.07) is 12.4. The van der Waals surface area contributed by atoms with Crippen molar-refractivity contribution in [1.82, 2.24) is 9.62 Å². The highest BCUT2D eigenvalue weighted by Crippen LogP contribution is 2.35. The zero-order valence-electron chi connectivity index (χ0n) is 21.6. The van der Waals surface area contributed by atoms with Gasteiger partial charge in [0.05, 0.1) is 17.1 Å². The molecule has 13 heteroatoms. The maximum absolute atomic E-state index is 12.7. The molecule has 0 spiro atoms. The van der Waals surface area contributed by atoms with Crippen LogP contribution in [0.3, 0.4) is 0 Å². The van der Waals surface area contributed by atoms with E-state index in [1.165, 1.54) is 10.8 Å². The molecule has 212 valence electrons. The molecule has 0 saturated carbocycles. The standard InChI is InChI=1S/C26H29ClF3N3O5S/c1-25(2,3)38-24(34)33-11-10-22(17-4-6-20(27)7-5-17)19(14-33)15-37-23-9-8-21(12-18(23)13-31)39(35,36)32-16-26(28,29)30/h4-9,12,19,22,32H,10-11,14-16H2,1-3H3. The number of hydrogen-bond donors (Lipinski definition) is 1. The van der Waals surface area contributed by atoms with Crippen LogP contribution in [0.5, 0.6) is 5.75 Å². The number of amides is 1. The van der Waals surface area contributed by atoms with Crippen LogP contribution in [0.2, 0.25) is 5.02 Å². The summed E-state index contributed by atoms with van der Waals surface area (Å²) in [5.41, 5.74) is 0.164. The molecular formula is C26H29ClF3N3O5S. The van der Waals surface area contributed by atoms with Gasteiger partial charge in [-0.25, -0.2) is 17.9 Å². The van der Waals surface area contributed by atoms with Crippen LogP contribution in [-0.2, 0) is 14.8 Å². The lowest BCUT2D eigenvalue weighted by Gasteiger charge is -2.39. The predicted octanol–water partition coefficient (Wildman–Crippen LogP) is 5.47. The summed E-state index contributed by atoms with van der Waals surface area (Å²) < 4.78 is 74.9. The van der Waals surface area contributed by atoms with E-state index >= 15 is 0 Å². The van der Waals surface area contributed by atoms with E-state index in [-0.39, 0.29) is 29.8 Å². The summed E-state index contributed by atoms with van der Waals surface area (Å²) in [4.78, 5) is 13.8. The Morgan fingerprint density at radius 1 is 1.18 bits per heavy atom. The van der Waals surface area contributed by atoms with Gasteiger partial charge in [0, 0.05) is 24.0 Å². The molecule has 1 heterocycles. The number of piperidine rings is 1. The smallest absolute Gasteiger partial charge is 0.410 e. The van der Waals surface area contributed by atoms with Crippen molar-refractivity contribution in [2.45, 2.75) is 49.8 Å². The molecule has 1 aliphatic rings. The van der Waals surface area contributed by atoms with Crippen LogP contribution in [0.15, 0.2) is 47.4 Å². The number of nitrogens with zero attached hydrogens (tertiary/aromatic N) is 2. The summed E-state index contributed by atoms with van der Waals surface area (Å²) in [5, 5.41) is 10.2. The topological polar surface area (TPSA) is 109 Å². The SMILES string of the molecule is CC(C)(C)OC(=O)N1CCC(c2ccc(Cl)cc2)C(COc2ccc(S(=O)(=O)NCC(F)(F)F)cc2C#N)C1. The monoisotopic (exact) mass is 587 g/mol. The molecule has 1 aliphatic heterocycles. The minimum absolute atomic E-state index is 0.0160.